The standard InChI is InChI=1S/C16H15NO4/c1-20-14-6-3-5-13(9-14)17-16(19)11-21-15-7-2-4-12(8-15)10-18/h2-10H,11H2,1H3,(H,17,19). The fraction of sp³-hybridized carbons (Fsp3) is 0.125. The van der Waals surface area contributed by atoms with Gasteiger partial charge >= 0.3 is 0 Å². The number of aldehydes is 1. The van der Waals surface area contributed by atoms with E-state index in [0.717, 1.165) is 6.29 Å². The lowest BCUT2D eigenvalue weighted by Gasteiger charge is -2.08. The van der Waals surface area contributed by atoms with Crippen molar-refractivity contribution < 1.29 is 19.1 Å². The lowest BCUT2D eigenvalue weighted by atomic mass is 10.2. The summed E-state index contributed by atoms with van der Waals surface area (Å²) in [5, 5.41) is 2.70. The van der Waals surface area contributed by atoms with Gasteiger partial charge in [0.25, 0.3) is 5.91 Å². The molecule has 0 aliphatic rings. The van der Waals surface area contributed by atoms with Gasteiger partial charge in [-0.3, -0.25) is 9.59 Å². The molecule has 0 aliphatic heterocycles. The molecule has 0 spiro atoms. The van der Waals surface area contributed by atoms with Crippen molar-refractivity contribution in [1.82, 2.24) is 0 Å². The van der Waals surface area contributed by atoms with Gasteiger partial charge in [0.1, 0.15) is 17.8 Å². The molecule has 0 bridgehead atoms. The van der Waals surface area contributed by atoms with Crippen LogP contribution in [-0.4, -0.2) is 25.9 Å². The molecule has 0 saturated heterocycles. The van der Waals surface area contributed by atoms with Crippen LogP contribution in [0.5, 0.6) is 11.5 Å². The Labute approximate surface area is 122 Å². The second-order valence-corrected chi connectivity index (χ2v) is 4.26. The Morgan fingerprint density at radius 2 is 1.90 bits per heavy atom. The summed E-state index contributed by atoms with van der Waals surface area (Å²) in [6.45, 7) is -0.139. The van der Waals surface area contributed by atoms with Crippen molar-refractivity contribution in [1.29, 1.82) is 0 Å². The second kappa shape index (κ2) is 7.09. The molecule has 108 valence electrons. The van der Waals surface area contributed by atoms with E-state index in [9.17, 15) is 9.59 Å². The van der Waals surface area contributed by atoms with E-state index in [1.807, 2.05) is 0 Å². The third-order valence-corrected chi connectivity index (χ3v) is 2.72. The van der Waals surface area contributed by atoms with Gasteiger partial charge in [0, 0.05) is 17.3 Å². The number of rotatable bonds is 6. The number of methoxy groups -OCH3 is 1. The van der Waals surface area contributed by atoms with Crippen molar-refractivity contribution >= 4 is 17.9 Å². The van der Waals surface area contributed by atoms with Crippen molar-refractivity contribution in [2.75, 3.05) is 19.0 Å². The van der Waals surface area contributed by atoms with Gasteiger partial charge < -0.3 is 14.8 Å². The highest BCUT2D eigenvalue weighted by molar-refractivity contribution is 5.92. The summed E-state index contributed by atoms with van der Waals surface area (Å²) in [5.74, 6) is 0.840. The molecule has 5 heteroatoms. The predicted molar refractivity (Wildman–Crippen MR) is 78.9 cm³/mol. The van der Waals surface area contributed by atoms with Crippen LogP contribution in [0.4, 0.5) is 5.69 Å². The Morgan fingerprint density at radius 1 is 1.14 bits per heavy atom. The smallest absolute Gasteiger partial charge is 0.262 e. The first-order valence-electron chi connectivity index (χ1n) is 6.33. The van der Waals surface area contributed by atoms with Crippen LogP contribution in [0, 0.1) is 0 Å². The van der Waals surface area contributed by atoms with Gasteiger partial charge in [0.2, 0.25) is 0 Å². The average molecular weight is 285 g/mol. The number of carbonyl (C=O) groups is 2. The Bertz CT molecular complexity index is 640. The van der Waals surface area contributed by atoms with Gasteiger partial charge in [-0.1, -0.05) is 18.2 Å². The van der Waals surface area contributed by atoms with Crippen LogP contribution < -0.4 is 14.8 Å². The van der Waals surface area contributed by atoms with Gasteiger partial charge in [-0.25, -0.2) is 0 Å². The fourth-order valence-corrected chi connectivity index (χ4v) is 1.72. The van der Waals surface area contributed by atoms with Gasteiger partial charge in [-0.2, -0.15) is 0 Å². The molecule has 1 N–H and O–H groups in total. The zero-order chi connectivity index (χ0) is 15.1. The number of amides is 1. The van der Waals surface area contributed by atoms with E-state index in [0.29, 0.717) is 22.7 Å². The first kappa shape index (κ1) is 14.6. The van der Waals surface area contributed by atoms with Crippen LogP contribution in [0.2, 0.25) is 0 Å². The molecule has 0 unspecified atom stereocenters. The summed E-state index contributed by atoms with van der Waals surface area (Å²) in [5.41, 5.74) is 1.13. The van der Waals surface area contributed by atoms with Crippen LogP contribution in [0.3, 0.4) is 0 Å². The van der Waals surface area contributed by atoms with E-state index in [-0.39, 0.29) is 12.5 Å². The maximum atomic E-state index is 11.8. The SMILES string of the molecule is COc1cccc(NC(=O)COc2cccc(C=O)c2)c1. The first-order valence-corrected chi connectivity index (χ1v) is 6.33. The number of hydrogen-bond donors (Lipinski definition) is 1. The van der Waals surface area contributed by atoms with E-state index < -0.39 is 0 Å². The summed E-state index contributed by atoms with van der Waals surface area (Å²) in [6, 6.07) is 13.7. The highest BCUT2D eigenvalue weighted by Gasteiger charge is 2.05. The van der Waals surface area contributed by atoms with E-state index in [1.165, 1.54) is 0 Å². The van der Waals surface area contributed by atoms with Crippen LogP contribution in [0.1, 0.15) is 10.4 Å². The number of hydrogen-bond acceptors (Lipinski definition) is 4. The summed E-state index contributed by atoms with van der Waals surface area (Å²) in [6.07, 6.45) is 0.725. The molecule has 0 radical (unpaired) electrons. The Hall–Kier alpha value is -2.82. The molecule has 0 heterocycles. The van der Waals surface area contributed by atoms with E-state index >= 15 is 0 Å². The van der Waals surface area contributed by atoms with E-state index in [1.54, 1.807) is 55.6 Å². The normalized spacial score (nSPS) is 9.76. The topological polar surface area (TPSA) is 64.6 Å². The zero-order valence-corrected chi connectivity index (χ0v) is 11.5. The molecular weight excluding hydrogens is 270 g/mol. The van der Waals surface area contributed by atoms with Crippen molar-refractivity contribution in [2.45, 2.75) is 0 Å². The molecule has 1 amide bonds. The van der Waals surface area contributed by atoms with Crippen LogP contribution in [0.15, 0.2) is 48.5 Å². The largest absolute Gasteiger partial charge is 0.497 e. The Kier molecular flexibility index (Phi) is 4.93. The summed E-state index contributed by atoms with van der Waals surface area (Å²) in [7, 11) is 1.56. The quantitative estimate of drug-likeness (QED) is 0.828. The number of benzene rings is 2. The minimum atomic E-state index is -0.292. The minimum absolute atomic E-state index is 0.139. The maximum Gasteiger partial charge on any atom is 0.262 e. The lowest BCUT2D eigenvalue weighted by Crippen LogP contribution is -2.20. The zero-order valence-electron chi connectivity index (χ0n) is 11.5. The number of nitrogens with one attached hydrogen (secondary N) is 1. The van der Waals surface area contributed by atoms with Crippen molar-refractivity contribution in [2.24, 2.45) is 0 Å². The van der Waals surface area contributed by atoms with E-state index in [2.05, 4.69) is 5.32 Å². The predicted octanol–water partition coefficient (Wildman–Crippen LogP) is 2.53. The Balaban J connectivity index is 1.90. The molecule has 0 aromatic heterocycles. The van der Waals surface area contributed by atoms with E-state index in [4.69, 9.17) is 9.47 Å². The third kappa shape index (κ3) is 4.35. The highest BCUT2D eigenvalue weighted by Crippen LogP contribution is 2.17. The monoisotopic (exact) mass is 285 g/mol. The molecule has 0 atom stereocenters. The third-order valence-electron chi connectivity index (χ3n) is 2.72. The number of anilines is 1. The lowest BCUT2D eigenvalue weighted by molar-refractivity contribution is -0.118. The van der Waals surface area contributed by atoms with Crippen molar-refractivity contribution in [3.63, 3.8) is 0 Å². The summed E-state index contributed by atoms with van der Waals surface area (Å²) < 4.78 is 10.4. The van der Waals surface area contributed by atoms with Gasteiger partial charge in [-0.15, -0.1) is 0 Å². The molecule has 0 fully saturated rings. The maximum absolute atomic E-state index is 11.8. The number of carbonyl (C=O) groups excluding carboxylic acids is 2. The molecule has 0 saturated carbocycles. The van der Waals surface area contributed by atoms with Gasteiger partial charge in [-0.05, 0) is 24.3 Å². The van der Waals surface area contributed by atoms with Gasteiger partial charge in [0.15, 0.2) is 6.61 Å². The summed E-state index contributed by atoms with van der Waals surface area (Å²) >= 11 is 0. The molecule has 21 heavy (non-hydrogen) atoms. The molecule has 2 rings (SSSR count). The second-order valence-electron chi connectivity index (χ2n) is 4.26. The molecular formula is C16H15NO4. The van der Waals surface area contributed by atoms with Crippen molar-refractivity contribution in [3.05, 3.63) is 54.1 Å². The average Bonchev–Trinajstić information content (AvgIpc) is 2.53. The van der Waals surface area contributed by atoms with Crippen LogP contribution >= 0.6 is 0 Å². The molecule has 2 aromatic rings. The summed E-state index contributed by atoms with van der Waals surface area (Å²) in [4.78, 5) is 22.4. The number of ether oxygens (including phenoxy) is 2. The Morgan fingerprint density at radius 3 is 2.67 bits per heavy atom. The molecule has 2 aromatic carbocycles. The van der Waals surface area contributed by atoms with Gasteiger partial charge in [0.05, 0.1) is 7.11 Å². The fourth-order valence-electron chi connectivity index (χ4n) is 1.72. The first-order chi connectivity index (χ1) is 10.2. The minimum Gasteiger partial charge on any atom is -0.497 e. The highest BCUT2D eigenvalue weighted by atomic mass is 16.5. The molecule has 5 nitrogen and oxygen atoms in total. The van der Waals surface area contributed by atoms with Crippen LogP contribution in [0.25, 0.3) is 0 Å². The molecule has 0 aliphatic carbocycles. The van der Waals surface area contributed by atoms with Crippen molar-refractivity contribution in [3.8, 4) is 11.5 Å². The van der Waals surface area contributed by atoms with Crippen LogP contribution in [-0.2, 0) is 4.79 Å².